The fourth-order valence-electron chi connectivity index (χ4n) is 2.22. The SMILES string of the molecule is COc1c(C)cnc(CC(NN)c2ccsc2)c1C. The number of methoxy groups -OCH3 is 1. The number of aromatic nitrogens is 1. The van der Waals surface area contributed by atoms with E-state index >= 15 is 0 Å². The smallest absolute Gasteiger partial charge is 0.128 e. The van der Waals surface area contributed by atoms with Crippen molar-refractivity contribution in [2.45, 2.75) is 26.3 Å². The summed E-state index contributed by atoms with van der Waals surface area (Å²) in [5.74, 6) is 6.57. The van der Waals surface area contributed by atoms with Crippen LogP contribution in [0.25, 0.3) is 0 Å². The molecule has 0 aliphatic rings. The highest BCUT2D eigenvalue weighted by molar-refractivity contribution is 7.07. The number of hydrazine groups is 1. The van der Waals surface area contributed by atoms with Gasteiger partial charge in [-0.1, -0.05) is 0 Å². The van der Waals surface area contributed by atoms with Crippen molar-refractivity contribution in [1.82, 2.24) is 10.4 Å². The van der Waals surface area contributed by atoms with E-state index in [2.05, 4.69) is 27.2 Å². The third-order valence-corrected chi connectivity index (χ3v) is 4.00. The van der Waals surface area contributed by atoms with Crippen molar-refractivity contribution >= 4 is 11.3 Å². The van der Waals surface area contributed by atoms with Crippen LogP contribution in [0.5, 0.6) is 5.75 Å². The quantitative estimate of drug-likeness (QED) is 0.651. The highest BCUT2D eigenvalue weighted by Crippen LogP contribution is 2.27. The predicted molar refractivity (Wildman–Crippen MR) is 78.4 cm³/mol. The van der Waals surface area contributed by atoms with Gasteiger partial charge >= 0.3 is 0 Å². The summed E-state index contributed by atoms with van der Waals surface area (Å²) in [6.45, 7) is 4.04. The Labute approximate surface area is 117 Å². The number of hydrogen-bond donors (Lipinski definition) is 2. The molecule has 102 valence electrons. The lowest BCUT2D eigenvalue weighted by molar-refractivity contribution is 0.406. The van der Waals surface area contributed by atoms with Gasteiger partial charge in [0.25, 0.3) is 0 Å². The van der Waals surface area contributed by atoms with Gasteiger partial charge < -0.3 is 4.74 Å². The zero-order valence-corrected chi connectivity index (χ0v) is 12.3. The molecule has 0 amide bonds. The van der Waals surface area contributed by atoms with E-state index < -0.39 is 0 Å². The van der Waals surface area contributed by atoms with Crippen LogP contribution in [-0.4, -0.2) is 12.1 Å². The van der Waals surface area contributed by atoms with Crippen LogP contribution in [0.4, 0.5) is 0 Å². The molecule has 1 unspecified atom stereocenters. The van der Waals surface area contributed by atoms with Gasteiger partial charge in [-0.25, -0.2) is 0 Å². The van der Waals surface area contributed by atoms with E-state index in [9.17, 15) is 0 Å². The van der Waals surface area contributed by atoms with Crippen molar-refractivity contribution < 1.29 is 4.74 Å². The van der Waals surface area contributed by atoms with E-state index in [4.69, 9.17) is 10.6 Å². The van der Waals surface area contributed by atoms with Crippen molar-refractivity contribution in [3.8, 4) is 5.75 Å². The second kappa shape index (κ2) is 6.14. The van der Waals surface area contributed by atoms with Crippen molar-refractivity contribution in [3.05, 3.63) is 45.4 Å². The molecule has 2 aromatic rings. The third-order valence-electron chi connectivity index (χ3n) is 3.29. The zero-order valence-electron chi connectivity index (χ0n) is 11.4. The van der Waals surface area contributed by atoms with Gasteiger partial charge in [0.15, 0.2) is 0 Å². The Morgan fingerprint density at radius 2 is 2.26 bits per heavy atom. The lowest BCUT2D eigenvalue weighted by Crippen LogP contribution is -2.29. The van der Waals surface area contributed by atoms with Crippen LogP contribution in [-0.2, 0) is 6.42 Å². The van der Waals surface area contributed by atoms with Gasteiger partial charge in [0.1, 0.15) is 5.75 Å². The maximum atomic E-state index is 5.66. The predicted octanol–water partition coefficient (Wildman–Crippen LogP) is 2.52. The number of ether oxygens (including phenoxy) is 1. The summed E-state index contributed by atoms with van der Waals surface area (Å²) in [6.07, 6.45) is 2.60. The minimum Gasteiger partial charge on any atom is -0.496 e. The molecule has 19 heavy (non-hydrogen) atoms. The van der Waals surface area contributed by atoms with E-state index in [1.807, 2.05) is 20.0 Å². The topological polar surface area (TPSA) is 60.2 Å². The number of hydrogen-bond acceptors (Lipinski definition) is 5. The van der Waals surface area contributed by atoms with Crippen molar-refractivity contribution in [3.63, 3.8) is 0 Å². The molecule has 2 aromatic heterocycles. The largest absolute Gasteiger partial charge is 0.496 e. The Hall–Kier alpha value is -1.43. The molecule has 1 atom stereocenters. The first-order valence-electron chi connectivity index (χ1n) is 6.14. The van der Waals surface area contributed by atoms with Gasteiger partial charge in [0, 0.05) is 29.4 Å². The van der Waals surface area contributed by atoms with E-state index in [1.54, 1.807) is 18.4 Å². The number of aryl methyl sites for hydroxylation is 1. The fraction of sp³-hybridized carbons (Fsp3) is 0.357. The monoisotopic (exact) mass is 277 g/mol. The Bertz CT molecular complexity index is 540. The highest BCUT2D eigenvalue weighted by Gasteiger charge is 2.16. The molecule has 0 aromatic carbocycles. The molecule has 0 aliphatic carbocycles. The molecule has 0 bridgehead atoms. The molecular weight excluding hydrogens is 258 g/mol. The lowest BCUT2D eigenvalue weighted by atomic mass is 10.0. The molecule has 0 fully saturated rings. The van der Waals surface area contributed by atoms with Crippen LogP contribution >= 0.6 is 11.3 Å². The molecule has 4 nitrogen and oxygen atoms in total. The van der Waals surface area contributed by atoms with Gasteiger partial charge in [-0.2, -0.15) is 11.3 Å². The van der Waals surface area contributed by atoms with Crippen LogP contribution in [0.15, 0.2) is 23.0 Å². The normalized spacial score (nSPS) is 12.4. The Morgan fingerprint density at radius 3 is 2.84 bits per heavy atom. The molecule has 3 N–H and O–H groups in total. The second-order valence-corrected chi connectivity index (χ2v) is 5.31. The fourth-order valence-corrected chi connectivity index (χ4v) is 2.93. The first kappa shape index (κ1) is 14.0. The van der Waals surface area contributed by atoms with Crippen molar-refractivity contribution in [2.24, 2.45) is 5.84 Å². The average molecular weight is 277 g/mol. The maximum Gasteiger partial charge on any atom is 0.128 e. The molecular formula is C14H19N3OS. The zero-order chi connectivity index (χ0) is 13.8. The van der Waals surface area contributed by atoms with Crippen molar-refractivity contribution in [1.29, 1.82) is 0 Å². The summed E-state index contributed by atoms with van der Waals surface area (Å²) < 4.78 is 5.43. The lowest BCUT2D eigenvalue weighted by Gasteiger charge is -2.17. The first-order chi connectivity index (χ1) is 9.17. The number of nitrogens with two attached hydrogens (primary N) is 1. The third kappa shape index (κ3) is 2.94. The molecule has 0 spiro atoms. The molecule has 0 aliphatic heterocycles. The highest BCUT2D eigenvalue weighted by atomic mass is 32.1. The van der Waals surface area contributed by atoms with Crippen molar-refractivity contribution in [2.75, 3.05) is 7.11 Å². The number of nitrogens with zero attached hydrogens (tertiary/aromatic N) is 1. The Kier molecular flexibility index (Phi) is 4.52. The molecule has 0 saturated heterocycles. The van der Waals surface area contributed by atoms with Gasteiger partial charge in [0.2, 0.25) is 0 Å². The Morgan fingerprint density at radius 1 is 1.47 bits per heavy atom. The Balaban J connectivity index is 2.28. The molecule has 2 heterocycles. The van der Waals surface area contributed by atoms with Crippen LogP contribution in [0.1, 0.15) is 28.4 Å². The maximum absolute atomic E-state index is 5.66. The molecule has 0 saturated carbocycles. The van der Waals surface area contributed by atoms with E-state index in [1.165, 1.54) is 5.56 Å². The number of nitrogens with one attached hydrogen (secondary N) is 1. The molecule has 0 radical (unpaired) electrons. The summed E-state index contributed by atoms with van der Waals surface area (Å²) in [7, 11) is 1.69. The molecule has 2 rings (SSSR count). The summed E-state index contributed by atoms with van der Waals surface area (Å²) >= 11 is 1.67. The van der Waals surface area contributed by atoms with E-state index in [0.29, 0.717) is 0 Å². The van der Waals surface area contributed by atoms with E-state index in [-0.39, 0.29) is 6.04 Å². The van der Waals surface area contributed by atoms with E-state index in [0.717, 1.165) is 29.0 Å². The molecule has 5 heteroatoms. The first-order valence-corrected chi connectivity index (χ1v) is 7.09. The summed E-state index contributed by atoms with van der Waals surface area (Å²) in [5.41, 5.74) is 7.19. The minimum atomic E-state index is 0.0739. The minimum absolute atomic E-state index is 0.0739. The van der Waals surface area contributed by atoms with Gasteiger partial charge in [0.05, 0.1) is 13.2 Å². The van der Waals surface area contributed by atoms with Crippen LogP contribution in [0.3, 0.4) is 0 Å². The van der Waals surface area contributed by atoms with Gasteiger partial charge in [-0.3, -0.25) is 16.3 Å². The van der Waals surface area contributed by atoms with Crippen LogP contribution in [0.2, 0.25) is 0 Å². The van der Waals surface area contributed by atoms with Gasteiger partial charge in [-0.15, -0.1) is 0 Å². The summed E-state index contributed by atoms with van der Waals surface area (Å²) in [5, 5.41) is 4.15. The second-order valence-electron chi connectivity index (χ2n) is 4.53. The standard InChI is InChI=1S/C14H19N3OS/c1-9-7-16-12(10(2)14(9)18-3)6-13(17-15)11-4-5-19-8-11/h4-5,7-8,13,17H,6,15H2,1-3H3. The summed E-state index contributed by atoms with van der Waals surface area (Å²) in [4.78, 5) is 4.51. The number of thiophene rings is 1. The van der Waals surface area contributed by atoms with Crippen LogP contribution < -0.4 is 16.0 Å². The van der Waals surface area contributed by atoms with Crippen LogP contribution in [0, 0.1) is 13.8 Å². The summed E-state index contributed by atoms with van der Waals surface area (Å²) in [6, 6.07) is 2.15. The number of rotatable bonds is 5. The van der Waals surface area contributed by atoms with Gasteiger partial charge in [-0.05, 0) is 36.2 Å². The number of pyridine rings is 1. The average Bonchev–Trinajstić information content (AvgIpc) is 2.92.